The zero-order valence-corrected chi connectivity index (χ0v) is 11.6. The van der Waals surface area contributed by atoms with E-state index in [0.29, 0.717) is 6.04 Å². The zero-order chi connectivity index (χ0) is 12.0. The van der Waals surface area contributed by atoms with Crippen molar-refractivity contribution in [2.45, 2.75) is 65.0 Å². The van der Waals surface area contributed by atoms with E-state index in [1.807, 2.05) is 0 Å². The van der Waals surface area contributed by atoms with Gasteiger partial charge in [-0.3, -0.25) is 0 Å². The number of nitrogens with zero attached hydrogens (tertiary/aromatic N) is 1. The second-order valence-corrected chi connectivity index (χ2v) is 5.75. The maximum Gasteiger partial charge on any atom is 0.00868 e. The van der Waals surface area contributed by atoms with Gasteiger partial charge in [-0.05, 0) is 58.7 Å². The largest absolute Gasteiger partial charge is 0.314 e. The number of nitrogens with one attached hydrogen (secondary N) is 1. The Bertz CT molecular complexity index is 174. The van der Waals surface area contributed by atoms with Crippen LogP contribution in [0, 0.1) is 5.92 Å². The van der Waals surface area contributed by atoms with Gasteiger partial charge in [-0.15, -0.1) is 0 Å². The van der Waals surface area contributed by atoms with Gasteiger partial charge in [0.2, 0.25) is 0 Å². The third-order valence-corrected chi connectivity index (χ3v) is 4.14. The molecule has 2 nitrogen and oxygen atoms in total. The first-order valence-electron chi connectivity index (χ1n) is 7.05. The fourth-order valence-electron chi connectivity index (χ4n) is 2.47. The molecule has 1 aliphatic rings. The molecule has 0 aromatic rings. The Kier molecular flexibility index (Phi) is 6.37. The van der Waals surface area contributed by atoms with Crippen molar-refractivity contribution >= 4 is 0 Å². The molecule has 1 aliphatic heterocycles. The standard InChI is InChI=1S/C14H30N2/c1-12(2)13(3)16(4)11-7-9-14-8-5-6-10-15-14/h12-15H,5-11H2,1-4H3. The van der Waals surface area contributed by atoms with Crippen LogP contribution in [-0.4, -0.2) is 37.1 Å². The summed E-state index contributed by atoms with van der Waals surface area (Å²) in [5, 5.41) is 3.63. The van der Waals surface area contributed by atoms with Gasteiger partial charge in [0.05, 0.1) is 0 Å². The van der Waals surface area contributed by atoms with E-state index in [4.69, 9.17) is 0 Å². The predicted octanol–water partition coefficient (Wildman–Crippen LogP) is 2.89. The van der Waals surface area contributed by atoms with E-state index in [0.717, 1.165) is 12.0 Å². The summed E-state index contributed by atoms with van der Waals surface area (Å²) >= 11 is 0. The van der Waals surface area contributed by atoms with E-state index in [2.05, 4.69) is 38.0 Å². The summed E-state index contributed by atoms with van der Waals surface area (Å²) in [6.45, 7) is 9.44. The highest BCUT2D eigenvalue weighted by atomic mass is 15.1. The molecule has 0 radical (unpaired) electrons. The summed E-state index contributed by atoms with van der Waals surface area (Å²) in [5.74, 6) is 0.762. The third-order valence-electron chi connectivity index (χ3n) is 4.14. The van der Waals surface area contributed by atoms with Crippen LogP contribution >= 0.6 is 0 Å². The van der Waals surface area contributed by atoms with Crippen molar-refractivity contribution in [1.29, 1.82) is 0 Å². The summed E-state index contributed by atoms with van der Waals surface area (Å²) < 4.78 is 0. The van der Waals surface area contributed by atoms with E-state index in [9.17, 15) is 0 Å². The highest BCUT2D eigenvalue weighted by molar-refractivity contribution is 4.73. The normalized spacial score (nSPS) is 24.0. The number of piperidine rings is 1. The fraction of sp³-hybridized carbons (Fsp3) is 1.00. The van der Waals surface area contributed by atoms with Crippen molar-refractivity contribution in [2.24, 2.45) is 5.92 Å². The number of rotatable bonds is 6. The number of hydrogen-bond acceptors (Lipinski definition) is 2. The molecule has 0 aromatic heterocycles. The highest BCUT2D eigenvalue weighted by Gasteiger charge is 2.15. The molecular weight excluding hydrogens is 196 g/mol. The van der Waals surface area contributed by atoms with Crippen LogP contribution in [0.2, 0.25) is 0 Å². The SMILES string of the molecule is CC(C)C(C)N(C)CCCC1CCCCN1. The molecule has 1 fully saturated rings. The molecule has 0 amide bonds. The lowest BCUT2D eigenvalue weighted by Gasteiger charge is -2.29. The first-order chi connectivity index (χ1) is 7.61. The highest BCUT2D eigenvalue weighted by Crippen LogP contribution is 2.13. The minimum Gasteiger partial charge on any atom is -0.314 e. The summed E-state index contributed by atoms with van der Waals surface area (Å²) in [6.07, 6.45) is 6.89. The molecule has 1 saturated heterocycles. The lowest BCUT2D eigenvalue weighted by Crippen LogP contribution is -2.37. The van der Waals surface area contributed by atoms with Crippen LogP contribution in [0.25, 0.3) is 0 Å². The molecule has 16 heavy (non-hydrogen) atoms. The summed E-state index contributed by atoms with van der Waals surface area (Å²) in [6, 6.07) is 1.51. The Morgan fingerprint density at radius 1 is 1.25 bits per heavy atom. The summed E-state index contributed by atoms with van der Waals surface area (Å²) in [4.78, 5) is 2.51. The molecular formula is C14H30N2. The summed E-state index contributed by atoms with van der Waals surface area (Å²) in [5.41, 5.74) is 0. The van der Waals surface area contributed by atoms with Crippen molar-refractivity contribution in [2.75, 3.05) is 20.1 Å². The first kappa shape index (κ1) is 14.0. The maximum atomic E-state index is 3.63. The molecule has 96 valence electrons. The van der Waals surface area contributed by atoms with Crippen LogP contribution in [0.1, 0.15) is 52.9 Å². The van der Waals surface area contributed by atoms with Gasteiger partial charge in [-0.2, -0.15) is 0 Å². The van der Waals surface area contributed by atoms with Gasteiger partial charge >= 0.3 is 0 Å². The predicted molar refractivity (Wildman–Crippen MR) is 71.8 cm³/mol. The Labute approximate surface area is 102 Å². The Morgan fingerprint density at radius 2 is 2.00 bits per heavy atom. The average molecular weight is 226 g/mol. The van der Waals surface area contributed by atoms with Crippen molar-refractivity contribution in [1.82, 2.24) is 10.2 Å². The second-order valence-electron chi connectivity index (χ2n) is 5.75. The molecule has 2 heteroatoms. The van der Waals surface area contributed by atoms with Gasteiger partial charge in [0.15, 0.2) is 0 Å². The molecule has 1 heterocycles. The van der Waals surface area contributed by atoms with Crippen LogP contribution in [-0.2, 0) is 0 Å². The van der Waals surface area contributed by atoms with Crippen LogP contribution < -0.4 is 5.32 Å². The van der Waals surface area contributed by atoms with E-state index in [1.54, 1.807) is 0 Å². The van der Waals surface area contributed by atoms with Crippen molar-refractivity contribution in [3.8, 4) is 0 Å². The lowest BCUT2D eigenvalue weighted by atomic mass is 10.00. The molecule has 0 aromatic carbocycles. The topological polar surface area (TPSA) is 15.3 Å². The van der Waals surface area contributed by atoms with Gasteiger partial charge in [-0.1, -0.05) is 20.3 Å². The minimum absolute atomic E-state index is 0.708. The van der Waals surface area contributed by atoms with Crippen molar-refractivity contribution in [3.05, 3.63) is 0 Å². The molecule has 0 saturated carbocycles. The maximum absolute atomic E-state index is 3.63. The molecule has 0 bridgehead atoms. The fourth-order valence-corrected chi connectivity index (χ4v) is 2.47. The van der Waals surface area contributed by atoms with E-state index in [-0.39, 0.29) is 0 Å². The van der Waals surface area contributed by atoms with Gasteiger partial charge in [0.1, 0.15) is 0 Å². The Hall–Kier alpha value is -0.0800. The van der Waals surface area contributed by atoms with Gasteiger partial charge in [-0.25, -0.2) is 0 Å². The molecule has 1 rings (SSSR count). The van der Waals surface area contributed by atoms with Crippen LogP contribution in [0.15, 0.2) is 0 Å². The molecule has 0 spiro atoms. The smallest absolute Gasteiger partial charge is 0.00868 e. The molecule has 1 N–H and O–H groups in total. The van der Waals surface area contributed by atoms with E-state index >= 15 is 0 Å². The third kappa shape index (κ3) is 4.84. The van der Waals surface area contributed by atoms with Gasteiger partial charge in [0.25, 0.3) is 0 Å². The lowest BCUT2D eigenvalue weighted by molar-refractivity contribution is 0.200. The van der Waals surface area contributed by atoms with Crippen molar-refractivity contribution < 1.29 is 0 Å². The van der Waals surface area contributed by atoms with Crippen molar-refractivity contribution in [3.63, 3.8) is 0 Å². The molecule has 2 unspecified atom stereocenters. The minimum atomic E-state index is 0.708. The van der Waals surface area contributed by atoms with E-state index < -0.39 is 0 Å². The monoisotopic (exact) mass is 226 g/mol. The van der Waals surface area contributed by atoms with Gasteiger partial charge < -0.3 is 10.2 Å². The average Bonchev–Trinajstić information content (AvgIpc) is 2.29. The second kappa shape index (κ2) is 7.29. The van der Waals surface area contributed by atoms with Crippen LogP contribution in [0.5, 0.6) is 0 Å². The van der Waals surface area contributed by atoms with Crippen LogP contribution in [0.3, 0.4) is 0 Å². The summed E-state index contributed by atoms with van der Waals surface area (Å²) in [7, 11) is 2.26. The van der Waals surface area contributed by atoms with Gasteiger partial charge in [0, 0.05) is 12.1 Å². The quantitative estimate of drug-likeness (QED) is 0.749. The molecule has 0 aliphatic carbocycles. The molecule has 2 atom stereocenters. The Balaban J connectivity index is 2.09. The van der Waals surface area contributed by atoms with Crippen LogP contribution in [0.4, 0.5) is 0 Å². The zero-order valence-electron chi connectivity index (χ0n) is 11.6. The Morgan fingerprint density at radius 3 is 2.56 bits per heavy atom. The number of hydrogen-bond donors (Lipinski definition) is 1. The first-order valence-corrected chi connectivity index (χ1v) is 7.05. The van der Waals surface area contributed by atoms with E-state index in [1.165, 1.54) is 45.2 Å².